The van der Waals surface area contributed by atoms with Crippen LogP contribution in [-0.2, 0) is 7.05 Å². The first-order valence-electron chi connectivity index (χ1n) is 5.68. The third kappa shape index (κ3) is 1.35. The number of hydrogen-bond donors (Lipinski definition) is 2. The minimum atomic E-state index is 0.0185. The lowest BCUT2D eigenvalue weighted by molar-refractivity contribution is 0.0946. The molecule has 16 heavy (non-hydrogen) atoms. The number of carbonyl (C=O) groups is 1. The Bertz CT molecular complexity index is 429. The Morgan fingerprint density at radius 2 is 2.25 bits per heavy atom. The van der Waals surface area contributed by atoms with Gasteiger partial charge >= 0.3 is 0 Å². The van der Waals surface area contributed by atoms with Crippen LogP contribution in [0.1, 0.15) is 16.1 Å². The van der Waals surface area contributed by atoms with Gasteiger partial charge in [0, 0.05) is 31.9 Å². The third-order valence-corrected chi connectivity index (χ3v) is 3.87. The van der Waals surface area contributed by atoms with E-state index in [1.807, 2.05) is 14.0 Å². The number of fused-ring (bicyclic) bond motifs is 1. The van der Waals surface area contributed by atoms with Gasteiger partial charge in [0.15, 0.2) is 0 Å². The zero-order chi connectivity index (χ0) is 11.3. The molecule has 1 aliphatic heterocycles. The average molecular weight is 220 g/mol. The van der Waals surface area contributed by atoms with Crippen molar-refractivity contribution < 1.29 is 4.79 Å². The highest BCUT2D eigenvalue weighted by atomic mass is 16.1. The predicted octanol–water partition coefficient (Wildman–Crippen LogP) is -0.324. The molecule has 0 bridgehead atoms. The van der Waals surface area contributed by atoms with E-state index < -0.39 is 0 Å². The van der Waals surface area contributed by atoms with Crippen LogP contribution in [0.3, 0.4) is 0 Å². The third-order valence-electron chi connectivity index (χ3n) is 3.87. The summed E-state index contributed by atoms with van der Waals surface area (Å²) in [6.45, 7) is 4.00. The summed E-state index contributed by atoms with van der Waals surface area (Å²) >= 11 is 0. The summed E-state index contributed by atoms with van der Waals surface area (Å²) in [5.74, 6) is 1.33. The SMILES string of the molecule is Cc1c(C(=O)NC2C3CNCC32)cnn1C. The van der Waals surface area contributed by atoms with Crippen LogP contribution in [0.15, 0.2) is 6.20 Å². The van der Waals surface area contributed by atoms with Gasteiger partial charge in [0.2, 0.25) is 0 Å². The number of rotatable bonds is 2. The molecule has 1 aromatic rings. The number of nitrogens with one attached hydrogen (secondary N) is 2. The number of aryl methyl sites for hydroxylation is 1. The molecule has 2 unspecified atom stereocenters. The van der Waals surface area contributed by atoms with Gasteiger partial charge in [0.1, 0.15) is 0 Å². The summed E-state index contributed by atoms with van der Waals surface area (Å²) in [5, 5.41) is 10.5. The van der Waals surface area contributed by atoms with Gasteiger partial charge in [-0.15, -0.1) is 0 Å². The molecular formula is C11H16N4O. The van der Waals surface area contributed by atoms with E-state index in [0.29, 0.717) is 23.4 Å². The monoisotopic (exact) mass is 220 g/mol. The van der Waals surface area contributed by atoms with E-state index in [4.69, 9.17) is 0 Å². The van der Waals surface area contributed by atoms with Crippen molar-refractivity contribution in [3.05, 3.63) is 17.5 Å². The molecule has 2 aliphatic rings. The maximum Gasteiger partial charge on any atom is 0.254 e. The van der Waals surface area contributed by atoms with Crippen LogP contribution < -0.4 is 10.6 Å². The van der Waals surface area contributed by atoms with Gasteiger partial charge < -0.3 is 10.6 Å². The Morgan fingerprint density at radius 1 is 1.56 bits per heavy atom. The van der Waals surface area contributed by atoms with Crippen molar-refractivity contribution in [3.63, 3.8) is 0 Å². The fourth-order valence-corrected chi connectivity index (χ4v) is 2.58. The normalized spacial score (nSPS) is 31.2. The molecule has 0 aromatic carbocycles. The highest BCUT2D eigenvalue weighted by molar-refractivity contribution is 5.95. The highest BCUT2D eigenvalue weighted by Crippen LogP contribution is 2.41. The van der Waals surface area contributed by atoms with E-state index in [-0.39, 0.29) is 5.91 Å². The summed E-state index contributed by atoms with van der Waals surface area (Å²) in [6, 6.07) is 0.383. The Labute approximate surface area is 94.2 Å². The molecule has 1 saturated carbocycles. The maximum absolute atomic E-state index is 12.0. The minimum Gasteiger partial charge on any atom is -0.349 e. The van der Waals surface area contributed by atoms with Crippen LogP contribution in [0.4, 0.5) is 0 Å². The minimum absolute atomic E-state index is 0.0185. The molecule has 1 aromatic heterocycles. The van der Waals surface area contributed by atoms with Gasteiger partial charge in [-0.25, -0.2) is 0 Å². The smallest absolute Gasteiger partial charge is 0.254 e. The fourth-order valence-electron chi connectivity index (χ4n) is 2.58. The summed E-state index contributed by atoms with van der Waals surface area (Å²) in [6.07, 6.45) is 1.64. The first-order chi connectivity index (χ1) is 7.68. The summed E-state index contributed by atoms with van der Waals surface area (Å²) in [4.78, 5) is 12.0. The molecular weight excluding hydrogens is 204 g/mol. The molecule has 3 rings (SSSR count). The first kappa shape index (κ1) is 9.84. The van der Waals surface area contributed by atoms with Crippen LogP contribution in [0.25, 0.3) is 0 Å². The van der Waals surface area contributed by atoms with Gasteiger partial charge in [-0.2, -0.15) is 5.10 Å². The van der Waals surface area contributed by atoms with Crippen LogP contribution in [-0.4, -0.2) is 34.8 Å². The van der Waals surface area contributed by atoms with E-state index in [9.17, 15) is 4.79 Å². The molecule has 0 spiro atoms. The quantitative estimate of drug-likeness (QED) is 0.718. The molecule has 1 aliphatic carbocycles. The Kier molecular flexibility index (Phi) is 2.04. The number of piperidine rings is 1. The number of aromatic nitrogens is 2. The standard InChI is InChI=1S/C11H16N4O/c1-6-7(5-13-15(6)2)11(16)14-10-8-3-12-4-9(8)10/h5,8-10,12H,3-4H2,1-2H3,(H,14,16). The molecule has 2 N–H and O–H groups in total. The second kappa shape index (κ2) is 3.31. The molecule has 1 saturated heterocycles. The number of hydrogen-bond acceptors (Lipinski definition) is 3. The van der Waals surface area contributed by atoms with Crippen molar-refractivity contribution in [1.82, 2.24) is 20.4 Å². The Morgan fingerprint density at radius 3 is 2.81 bits per heavy atom. The average Bonchev–Trinajstić information content (AvgIpc) is 2.68. The van der Waals surface area contributed by atoms with Crippen molar-refractivity contribution in [2.45, 2.75) is 13.0 Å². The van der Waals surface area contributed by atoms with Crippen LogP contribution in [0.5, 0.6) is 0 Å². The molecule has 1 amide bonds. The Hall–Kier alpha value is -1.36. The molecule has 86 valence electrons. The first-order valence-corrected chi connectivity index (χ1v) is 5.68. The zero-order valence-corrected chi connectivity index (χ0v) is 9.53. The van der Waals surface area contributed by atoms with Crippen molar-refractivity contribution in [1.29, 1.82) is 0 Å². The van der Waals surface area contributed by atoms with E-state index in [0.717, 1.165) is 18.8 Å². The molecule has 2 heterocycles. The molecule has 0 radical (unpaired) electrons. The molecule has 2 atom stereocenters. The lowest BCUT2D eigenvalue weighted by Crippen LogP contribution is -2.32. The van der Waals surface area contributed by atoms with Crippen molar-refractivity contribution in [3.8, 4) is 0 Å². The largest absolute Gasteiger partial charge is 0.349 e. The number of amides is 1. The van der Waals surface area contributed by atoms with Crippen LogP contribution in [0, 0.1) is 18.8 Å². The van der Waals surface area contributed by atoms with Crippen LogP contribution in [0.2, 0.25) is 0 Å². The Balaban J connectivity index is 1.68. The van der Waals surface area contributed by atoms with E-state index in [2.05, 4.69) is 15.7 Å². The van der Waals surface area contributed by atoms with E-state index in [1.54, 1.807) is 10.9 Å². The molecule has 5 nitrogen and oxygen atoms in total. The topological polar surface area (TPSA) is 59.0 Å². The van der Waals surface area contributed by atoms with Gasteiger partial charge in [-0.05, 0) is 18.8 Å². The highest BCUT2D eigenvalue weighted by Gasteiger charge is 2.53. The van der Waals surface area contributed by atoms with Crippen LogP contribution >= 0.6 is 0 Å². The van der Waals surface area contributed by atoms with Gasteiger partial charge in [-0.3, -0.25) is 9.48 Å². The van der Waals surface area contributed by atoms with Gasteiger partial charge in [0.05, 0.1) is 11.8 Å². The predicted molar refractivity (Wildman–Crippen MR) is 59.0 cm³/mol. The zero-order valence-electron chi connectivity index (χ0n) is 9.53. The van der Waals surface area contributed by atoms with Crippen molar-refractivity contribution in [2.75, 3.05) is 13.1 Å². The number of nitrogens with zero attached hydrogens (tertiary/aromatic N) is 2. The summed E-state index contributed by atoms with van der Waals surface area (Å²) in [5.41, 5.74) is 1.61. The maximum atomic E-state index is 12.0. The van der Waals surface area contributed by atoms with Crippen molar-refractivity contribution >= 4 is 5.91 Å². The lowest BCUT2D eigenvalue weighted by atomic mass is 10.2. The number of carbonyl (C=O) groups excluding carboxylic acids is 1. The molecule has 5 heteroatoms. The van der Waals surface area contributed by atoms with Crippen molar-refractivity contribution in [2.24, 2.45) is 18.9 Å². The summed E-state index contributed by atoms with van der Waals surface area (Å²) < 4.78 is 1.73. The second-order valence-electron chi connectivity index (χ2n) is 4.75. The molecule has 2 fully saturated rings. The van der Waals surface area contributed by atoms with E-state index >= 15 is 0 Å². The van der Waals surface area contributed by atoms with Gasteiger partial charge in [0.25, 0.3) is 5.91 Å². The second-order valence-corrected chi connectivity index (χ2v) is 4.75. The fraction of sp³-hybridized carbons (Fsp3) is 0.636. The van der Waals surface area contributed by atoms with E-state index in [1.165, 1.54) is 0 Å². The summed E-state index contributed by atoms with van der Waals surface area (Å²) in [7, 11) is 1.85. The van der Waals surface area contributed by atoms with Gasteiger partial charge in [-0.1, -0.05) is 0 Å². The lowest BCUT2D eigenvalue weighted by Gasteiger charge is -2.07.